The molecule has 0 saturated carbocycles. The molecule has 2 rings (SSSR count). The summed E-state index contributed by atoms with van der Waals surface area (Å²) >= 11 is 0. The molecule has 0 aliphatic heterocycles. The highest BCUT2D eigenvalue weighted by Crippen LogP contribution is 2.24. The van der Waals surface area contributed by atoms with Gasteiger partial charge in [0.05, 0.1) is 5.52 Å². The van der Waals surface area contributed by atoms with Gasteiger partial charge in [-0.2, -0.15) is 0 Å². The van der Waals surface area contributed by atoms with E-state index in [4.69, 9.17) is 5.73 Å². The minimum atomic E-state index is 0.176. The largest absolute Gasteiger partial charge is 0.508 e. The fraction of sp³-hybridized carbons (Fsp3) is 0.273. The van der Waals surface area contributed by atoms with Gasteiger partial charge in [0.25, 0.3) is 0 Å². The molecule has 1 aromatic carbocycles. The molecule has 3 N–H and O–H groups in total. The molecule has 0 aliphatic carbocycles. The second kappa shape index (κ2) is 3.38. The van der Waals surface area contributed by atoms with Gasteiger partial charge in [-0.05, 0) is 18.2 Å². The summed E-state index contributed by atoms with van der Waals surface area (Å²) < 4.78 is 0. The van der Waals surface area contributed by atoms with E-state index in [0.717, 1.165) is 11.3 Å². The Bertz CT molecular complexity index is 508. The first-order valence-electron chi connectivity index (χ1n) is 4.84. The predicted octanol–water partition coefficient (Wildman–Crippen LogP) is 2.04. The lowest BCUT2D eigenvalue weighted by atomic mass is 10.1. The smallest absolute Gasteiger partial charge is 0.135 e. The number of hydrogen-bond acceptors (Lipinski definition) is 4. The molecule has 0 bridgehead atoms. The Kier molecular flexibility index (Phi) is 2.19. The Labute approximate surface area is 87.8 Å². The van der Waals surface area contributed by atoms with E-state index in [1.165, 1.54) is 0 Å². The molecule has 0 aliphatic rings. The van der Waals surface area contributed by atoms with Crippen LogP contribution in [0.25, 0.3) is 10.9 Å². The number of phenolic OH excluding ortho intramolecular Hbond substituents is 1. The Morgan fingerprint density at radius 3 is 2.67 bits per heavy atom. The second-order valence-corrected chi connectivity index (χ2v) is 3.82. The van der Waals surface area contributed by atoms with Gasteiger partial charge in [-0.3, -0.25) is 0 Å². The zero-order chi connectivity index (χ0) is 11.0. The summed E-state index contributed by atoms with van der Waals surface area (Å²) in [6.07, 6.45) is 0. The molecular formula is C11H13N3O. The number of fused-ring (bicyclic) bond motifs is 1. The van der Waals surface area contributed by atoms with E-state index in [1.807, 2.05) is 13.8 Å². The first kappa shape index (κ1) is 9.71. The molecule has 78 valence electrons. The maximum atomic E-state index is 9.32. The Hall–Kier alpha value is -1.84. The molecule has 1 heterocycles. The molecule has 2 aromatic rings. The first-order valence-corrected chi connectivity index (χ1v) is 4.84. The van der Waals surface area contributed by atoms with Crippen LogP contribution in [0.3, 0.4) is 0 Å². The van der Waals surface area contributed by atoms with Crippen LogP contribution in [0.4, 0.5) is 5.82 Å². The molecule has 1 aromatic heterocycles. The minimum absolute atomic E-state index is 0.176. The van der Waals surface area contributed by atoms with Gasteiger partial charge >= 0.3 is 0 Å². The Morgan fingerprint density at radius 2 is 2.00 bits per heavy atom. The van der Waals surface area contributed by atoms with Gasteiger partial charge in [0.1, 0.15) is 17.4 Å². The van der Waals surface area contributed by atoms with Gasteiger partial charge < -0.3 is 10.8 Å². The number of rotatable bonds is 1. The molecule has 0 atom stereocenters. The summed E-state index contributed by atoms with van der Waals surface area (Å²) in [7, 11) is 0. The monoisotopic (exact) mass is 203 g/mol. The summed E-state index contributed by atoms with van der Waals surface area (Å²) in [4.78, 5) is 8.57. The van der Waals surface area contributed by atoms with Crippen LogP contribution in [0.2, 0.25) is 0 Å². The zero-order valence-electron chi connectivity index (χ0n) is 8.73. The standard InChI is InChI=1S/C11H13N3O/c1-6(2)11-13-9-4-3-7(15)5-8(9)10(12)14-11/h3-6,15H,1-2H3,(H2,12,13,14). The van der Waals surface area contributed by atoms with Crippen molar-refractivity contribution < 1.29 is 5.11 Å². The number of nitrogens with two attached hydrogens (primary N) is 1. The van der Waals surface area contributed by atoms with Crippen LogP contribution in [0, 0.1) is 0 Å². The lowest BCUT2D eigenvalue weighted by Gasteiger charge is -2.07. The third-order valence-corrected chi connectivity index (χ3v) is 2.24. The van der Waals surface area contributed by atoms with E-state index >= 15 is 0 Å². The van der Waals surface area contributed by atoms with Gasteiger partial charge in [0, 0.05) is 11.3 Å². The SMILES string of the molecule is CC(C)c1nc(N)c2cc(O)ccc2n1. The minimum Gasteiger partial charge on any atom is -0.508 e. The van der Waals surface area contributed by atoms with Gasteiger partial charge in [0.2, 0.25) is 0 Å². The predicted molar refractivity (Wildman–Crippen MR) is 59.7 cm³/mol. The summed E-state index contributed by atoms with van der Waals surface area (Å²) in [5.74, 6) is 1.56. The van der Waals surface area contributed by atoms with Crippen molar-refractivity contribution in [2.75, 3.05) is 5.73 Å². The zero-order valence-corrected chi connectivity index (χ0v) is 8.73. The summed E-state index contributed by atoms with van der Waals surface area (Å²) in [6.45, 7) is 4.03. The number of hydrogen-bond donors (Lipinski definition) is 2. The molecule has 0 amide bonds. The number of anilines is 1. The van der Waals surface area contributed by atoms with Crippen molar-refractivity contribution in [2.45, 2.75) is 19.8 Å². The van der Waals surface area contributed by atoms with Gasteiger partial charge in [-0.1, -0.05) is 13.8 Å². The summed E-state index contributed by atoms with van der Waals surface area (Å²) in [5.41, 5.74) is 6.57. The Balaban J connectivity index is 2.73. The van der Waals surface area contributed by atoms with Crippen LogP contribution >= 0.6 is 0 Å². The molecule has 0 spiro atoms. The molecule has 0 unspecified atom stereocenters. The highest BCUT2D eigenvalue weighted by atomic mass is 16.3. The molecule has 0 radical (unpaired) electrons. The van der Waals surface area contributed by atoms with Crippen LogP contribution in [-0.4, -0.2) is 15.1 Å². The van der Waals surface area contributed by atoms with Gasteiger partial charge in [-0.25, -0.2) is 9.97 Å². The summed E-state index contributed by atoms with van der Waals surface area (Å²) in [6, 6.07) is 4.92. The van der Waals surface area contributed by atoms with Gasteiger partial charge in [0.15, 0.2) is 0 Å². The number of nitrogen functional groups attached to an aromatic ring is 1. The van der Waals surface area contributed by atoms with E-state index < -0.39 is 0 Å². The quantitative estimate of drug-likeness (QED) is 0.744. The number of nitrogens with zero attached hydrogens (tertiary/aromatic N) is 2. The topological polar surface area (TPSA) is 72.0 Å². The van der Waals surface area contributed by atoms with Gasteiger partial charge in [-0.15, -0.1) is 0 Å². The maximum Gasteiger partial charge on any atom is 0.135 e. The van der Waals surface area contributed by atoms with Crippen molar-refractivity contribution in [1.82, 2.24) is 9.97 Å². The highest BCUT2D eigenvalue weighted by molar-refractivity contribution is 5.89. The van der Waals surface area contributed by atoms with E-state index in [0.29, 0.717) is 11.2 Å². The third-order valence-electron chi connectivity index (χ3n) is 2.24. The van der Waals surface area contributed by atoms with E-state index in [-0.39, 0.29) is 11.7 Å². The van der Waals surface area contributed by atoms with Crippen molar-refractivity contribution in [3.63, 3.8) is 0 Å². The number of phenols is 1. The number of benzene rings is 1. The average molecular weight is 203 g/mol. The number of aromatic hydroxyl groups is 1. The lowest BCUT2D eigenvalue weighted by Crippen LogP contribution is -2.02. The normalized spacial score (nSPS) is 11.1. The summed E-state index contributed by atoms with van der Waals surface area (Å²) in [5, 5.41) is 10.0. The van der Waals surface area contributed by atoms with E-state index in [1.54, 1.807) is 18.2 Å². The maximum absolute atomic E-state index is 9.32. The van der Waals surface area contributed by atoms with Crippen molar-refractivity contribution >= 4 is 16.7 Å². The van der Waals surface area contributed by atoms with Crippen LogP contribution < -0.4 is 5.73 Å². The first-order chi connectivity index (χ1) is 7.08. The molecule has 4 heteroatoms. The lowest BCUT2D eigenvalue weighted by molar-refractivity contribution is 0.476. The van der Waals surface area contributed by atoms with Crippen LogP contribution in [0.15, 0.2) is 18.2 Å². The number of aromatic nitrogens is 2. The molecule has 15 heavy (non-hydrogen) atoms. The fourth-order valence-electron chi connectivity index (χ4n) is 1.42. The third kappa shape index (κ3) is 1.70. The van der Waals surface area contributed by atoms with Crippen molar-refractivity contribution in [2.24, 2.45) is 0 Å². The van der Waals surface area contributed by atoms with Crippen LogP contribution in [-0.2, 0) is 0 Å². The van der Waals surface area contributed by atoms with E-state index in [9.17, 15) is 5.11 Å². The fourth-order valence-corrected chi connectivity index (χ4v) is 1.42. The van der Waals surface area contributed by atoms with Crippen molar-refractivity contribution in [3.05, 3.63) is 24.0 Å². The second-order valence-electron chi connectivity index (χ2n) is 3.82. The van der Waals surface area contributed by atoms with Crippen LogP contribution in [0.1, 0.15) is 25.6 Å². The average Bonchev–Trinajstić information content (AvgIpc) is 2.18. The van der Waals surface area contributed by atoms with Crippen molar-refractivity contribution in [1.29, 1.82) is 0 Å². The molecular weight excluding hydrogens is 190 g/mol. The van der Waals surface area contributed by atoms with Crippen molar-refractivity contribution in [3.8, 4) is 5.75 Å². The Morgan fingerprint density at radius 1 is 1.27 bits per heavy atom. The molecule has 4 nitrogen and oxygen atoms in total. The van der Waals surface area contributed by atoms with E-state index in [2.05, 4.69) is 9.97 Å². The highest BCUT2D eigenvalue weighted by Gasteiger charge is 2.08. The molecule has 0 fully saturated rings. The van der Waals surface area contributed by atoms with Crippen LogP contribution in [0.5, 0.6) is 5.75 Å². The molecule has 0 saturated heterocycles.